The molecule has 0 saturated heterocycles. The molecule has 0 bridgehead atoms. The van der Waals surface area contributed by atoms with Crippen molar-refractivity contribution in [1.29, 1.82) is 0 Å². The first-order valence-electron chi connectivity index (χ1n) is 11.1. The number of oxazole rings is 1. The van der Waals surface area contributed by atoms with Gasteiger partial charge in [-0.05, 0) is 17.5 Å². The minimum atomic E-state index is -0.131. The van der Waals surface area contributed by atoms with E-state index in [2.05, 4.69) is 41.4 Å². The molecule has 8 nitrogen and oxygen atoms in total. The second-order valence-electron chi connectivity index (χ2n) is 8.96. The molecule has 1 amide bonds. The molecule has 10 heteroatoms. The van der Waals surface area contributed by atoms with Crippen molar-refractivity contribution in [2.24, 2.45) is 0 Å². The highest BCUT2D eigenvalue weighted by atomic mass is 32.2. The highest BCUT2D eigenvalue weighted by Gasteiger charge is 2.19. The van der Waals surface area contributed by atoms with Gasteiger partial charge in [-0.1, -0.05) is 56.4 Å². The maximum Gasteiger partial charge on any atom is 0.230 e. The van der Waals surface area contributed by atoms with Gasteiger partial charge < -0.3 is 25.3 Å². The highest BCUT2D eigenvalue weighted by Crippen LogP contribution is 2.31. The van der Waals surface area contributed by atoms with Crippen molar-refractivity contribution >= 4 is 34.1 Å². The van der Waals surface area contributed by atoms with E-state index in [4.69, 9.17) is 9.52 Å². The number of hydrogen-bond acceptors (Lipinski definition) is 9. The summed E-state index contributed by atoms with van der Waals surface area (Å²) in [6, 6.07) is 7.61. The zero-order chi connectivity index (χ0) is 24.6. The molecular formula is C24H32N4O4S2. The van der Waals surface area contributed by atoms with Crippen molar-refractivity contribution in [3.05, 3.63) is 59.4 Å². The number of thioether (sulfide) groups is 1. The minimum Gasteiger partial charge on any atom is -0.444 e. The Balaban J connectivity index is 1.44. The number of aliphatic hydroxyl groups is 2. The predicted molar refractivity (Wildman–Crippen MR) is 135 cm³/mol. The number of amides is 1. The van der Waals surface area contributed by atoms with Crippen molar-refractivity contribution in [2.45, 2.75) is 61.6 Å². The monoisotopic (exact) mass is 504 g/mol. The van der Waals surface area contributed by atoms with Crippen molar-refractivity contribution in [3.63, 3.8) is 0 Å². The van der Waals surface area contributed by atoms with Gasteiger partial charge in [0.2, 0.25) is 11.8 Å². The fourth-order valence-electron chi connectivity index (χ4n) is 3.04. The largest absolute Gasteiger partial charge is 0.444 e. The topological polar surface area (TPSA) is 121 Å². The normalized spacial score (nSPS) is 12.6. The van der Waals surface area contributed by atoms with E-state index in [0.717, 1.165) is 21.1 Å². The Morgan fingerprint density at radius 3 is 2.53 bits per heavy atom. The Labute approximate surface area is 208 Å². The van der Waals surface area contributed by atoms with Gasteiger partial charge in [0.05, 0.1) is 35.4 Å². The van der Waals surface area contributed by atoms with Crippen molar-refractivity contribution < 1.29 is 19.4 Å². The smallest absolute Gasteiger partial charge is 0.230 e. The van der Waals surface area contributed by atoms with Gasteiger partial charge in [-0.25, -0.2) is 9.97 Å². The number of thiazole rings is 1. The highest BCUT2D eigenvalue weighted by molar-refractivity contribution is 8.00. The van der Waals surface area contributed by atoms with Gasteiger partial charge in [0, 0.05) is 24.6 Å². The average molecular weight is 505 g/mol. The molecule has 1 unspecified atom stereocenters. The molecule has 184 valence electrons. The lowest BCUT2D eigenvalue weighted by atomic mass is 9.94. The number of rotatable bonds is 12. The molecule has 34 heavy (non-hydrogen) atoms. The lowest BCUT2D eigenvalue weighted by Gasteiger charge is -2.15. The van der Waals surface area contributed by atoms with Gasteiger partial charge in [0.25, 0.3) is 0 Å². The van der Waals surface area contributed by atoms with Crippen LogP contribution in [0.5, 0.6) is 0 Å². The van der Waals surface area contributed by atoms with E-state index in [-0.39, 0.29) is 37.0 Å². The summed E-state index contributed by atoms with van der Waals surface area (Å²) in [7, 11) is 0. The number of aliphatic hydroxyl groups excluding tert-OH is 2. The molecule has 0 fully saturated rings. The standard InChI is InChI=1S/C24H32N4O4S2/c1-24(2,3)19-12-26-21(32-19)15-33-22-13-27-23(34-22)28-20(31)10-16-4-6-17(7-5-16)11-25-18(14-30)8-9-29/h4-7,12-13,18,25,29-30H,8-11,14-15H2,1-3H3,(H,27,28,31). The Kier molecular flexibility index (Phi) is 9.66. The van der Waals surface area contributed by atoms with E-state index in [1.807, 2.05) is 24.3 Å². The summed E-state index contributed by atoms with van der Waals surface area (Å²) in [5, 5.41) is 24.9. The van der Waals surface area contributed by atoms with Crippen LogP contribution < -0.4 is 10.6 Å². The molecule has 0 saturated carbocycles. The molecule has 0 radical (unpaired) electrons. The molecule has 0 aliphatic heterocycles. The number of carbonyl (C=O) groups excluding carboxylic acids is 1. The molecule has 0 spiro atoms. The minimum absolute atomic E-state index is 0.0202. The van der Waals surface area contributed by atoms with Crippen LogP contribution in [-0.4, -0.2) is 45.3 Å². The molecule has 4 N–H and O–H groups in total. The van der Waals surface area contributed by atoms with Crippen LogP contribution in [0.3, 0.4) is 0 Å². The number of benzene rings is 1. The maximum absolute atomic E-state index is 12.4. The number of anilines is 1. The van der Waals surface area contributed by atoms with Gasteiger partial charge in [-0.2, -0.15) is 0 Å². The molecule has 1 atom stereocenters. The lowest BCUT2D eigenvalue weighted by Crippen LogP contribution is -2.32. The first-order valence-corrected chi connectivity index (χ1v) is 12.9. The SMILES string of the molecule is CC(C)(C)c1cnc(CSc2cnc(NC(=O)Cc3ccc(CNC(CO)CCO)cc3)s2)o1. The van der Waals surface area contributed by atoms with E-state index >= 15 is 0 Å². The van der Waals surface area contributed by atoms with Gasteiger partial charge >= 0.3 is 0 Å². The van der Waals surface area contributed by atoms with Crippen LogP contribution in [0.4, 0.5) is 5.13 Å². The molecule has 1 aromatic carbocycles. The van der Waals surface area contributed by atoms with E-state index < -0.39 is 0 Å². The van der Waals surface area contributed by atoms with Crippen LogP contribution in [0.15, 0.2) is 45.3 Å². The zero-order valence-electron chi connectivity index (χ0n) is 19.7. The molecule has 2 heterocycles. The second-order valence-corrected chi connectivity index (χ2v) is 11.3. The maximum atomic E-state index is 12.4. The van der Waals surface area contributed by atoms with Crippen molar-refractivity contribution in [2.75, 3.05) is 18.5 Å². The van der Waals surface area contributed by atoms with Crippen LogP contribution in [-0.2, 0) is 28.9 Å². The Morgan fingerprint density at radius 2 is 1.88 bits per heavy atom. The van der Waals surface area contributed by atoms with E-state index in [9.17, 15) is 9.90 Å². The second kappa shape index (κ2) is 12.5. The van der Waals surface area contributed by atoms with E-state index in [1.54, 1.807) is 24.2 Å². The fraction of sp³-hybridized carbons (Fsp3) is 0.458. The summed E-state index contributed by atoms with van der Waals surface area (Å²) >= 11 is 3.00. The van der Waals surface area contributed by atoms with Crippen LogP contribution in [0, 0.1) is 0 Å². The fourth-order valence-corrected chi connectivity index (χ4v) is 4.78. The quantitative estimate of drug-likeness (QED) is 0.275. The number of nitrogens with zero attached hydrogens (tertiary/aromatic N) is 2. The van der Waals surface area contributed by atoms with Gasteiger partial charge in [0.15, 0.2) is 5.13 Å². The first-order chi connectivity index (χ1) is 16.3. The first kappa shape index (κ1) is 26.4. The number of nitrogens with one attached hydrogen (secondary N) is 2. The third-order valence-electron chi connectivity index (χ3n) is 5.04. The van der Waals surface area contributed by atoms with Crippen LogP contribution in [0.2, 0.25) is 0 Å². The third-order valence-corrected chi connectivity index (χ3v) is 7.13. The molecule has 2 aromatic heterocycles. The number of carbonyl (C=O) groups is 1. The number of aromatic nitrogens is 2. The Hall–Kier alpha value is -2.24. The molecule has 3 aromatic rings. The molecular weight excluding hydrogens is 472 g/mol. The Bertz CT molecular complexity index is 1040. The molecule has 0 aliphatic rings. The van der Waals surface area contributed by atoms with Gasteiger partial charge in [0.1, 0.15) is 5.76 Å². The van der Waals surface area contributed by atoms with Gasteiger partial charge in [-0.15, -0.1) is 11.8 Å². The van der Waals surface area contributed by atoms with Crippen LogP contribution in [0.1, 0.15) is 50.0 Å². The van der Waals surface area contributed by atoms with Crippen LogP contribution >= 0.6 is 23.1 Å². The molecule has 0 aliphatic carbocycles. The third kappa shape index (κ3) is 8.21. The predicted octanol–water partition coefficient (Wildman–Crippen LogP) is 3.74. The summed E-state index contributed by atoms with van der Waals surface area (Å²) in [4.78, 5) is 21.1. The molecule has 3 rings (SSSR count). The van der Waals surface area contributed by atoms with Crippen LogP contribution in [0.25, 0.3) is 0 Å². The summed E-state index contributed by atoms with van der Waals surface area (Å²) in [5.41, 5.74) is 1.88. The summed E-state index contributed by atoms with van der Waals surface area (Å²) in [5.74, 6) is 2.02. The average Bonchev–Trinajstić information content (AvgIpc) is 3.45. The summed E-state index contributed by atoms with van der Waals surface area (Å²) in [6.45, 7) is 6.86. The Morgan fingerprint density at radius 1 is 1.15 bits per heavy atom. The lowest BCUT2D eigenvalue weighted by molar-refractivity contribution is -0.115. The zero-order valence-corrected chi connectivity index (χ0v) is 21.3. The summed E-state index contributed by atoms with van der Waals surface area (Å²) in [6.07, 6.45) is 4.28. The van der Waals surface area contributed by atoms with Gasteiger partial charge in [-0.3, -0.25) is 4.79 Å². The van der Waals surface area contributed by atoms with Crippen molar-refractivity contribution in [3.8, 4) is 0 Å². The van der Waals surface area contributed by atoms with Crippen molar-refractivity contribution in [1.82, 2.24) is 15.3 Å². The summed E-state index contributed by atoms with van der Waals surface area (Å²) < 4.78 is 6.79. The number of hydrogen-bond donors (Lipinski definition) is 4. The van der Waals surface area contributed by atoms with E-state index in [0.29, 0.717) is 29.7 Å². The van der Waals surface area contributed by atoms with E-state index in [1.165, 1.54) is 11.3 Å².